The molecule has 104 valence electrons. The number of aromatic nitrogens is 4. The van der Waals surface area contributed by atoms with Gasteiger partial charge in [-0.2, -0.15) is 5.10 Å². The highest BCUT2D eigenvalue weighted by Gasteiger charge is 2.49. The Balaban J connectivity index is 2.28. The Labute approximate surface area is 118 Å². The lowest BCUT2D eigenvalue weighted by atomic mass is 10.2. The average Bonchev–Trinajstić information content (AvgIpc) is 2.73. The molecule has 2 aromatic rings. The molecule has 0 N–H and O–H groups in total. The molecule has 19 heavy (non-hydrogen) atoms. The third-order valence-electron chi connectivity index (χ3n) is 4.20. The Bertz CT molecular complexity index is 635. The maximum atomic E-state index is 6.34. The lowest BCUT2D eigenvalue weighted by molar-refractivity contribution is 0.522. The number of hydrogen-bond acceptors (Lipinski definition) is 2. The number of nitrogens with zero attached hydrogens (tertiary/aromatic N) is 4. The number of fused-ring (bicyclic) bond motifs is 1. The summed E-state index contributed by atoms with van der Waals surface area (Å²) in [4.78, 5) is 4.75. The molecule has 0 aliphatic heterocycles. The molecule has 2 aromatic heterocycles. The lowest BCUT2D eigenvalue weighted by Gasteiger charge is -2.13. The monoisotopic (exact) mass is 280 g/mol. The zero-order valence-electron chi connectivity index (χ0n) is 12.2. The molecule has 3 rings (SSSR count). The highest BCUT2D eigenvalue weighted by Crippen LogP contribution is 2.57. The van der Waals surface area contributed by atoms with Crippen molar-refractivity contribution < 1.29 is 0 Å². The van der Waals surface area contributed by atoms with Crippen molar-refractivity contribution in [1.29, 1.82) is 0 Å². The van der Waals surface area contributed by atoms with Crippen LogP contribution in [0.1, 0.15) is 57.1 Å². The Morgan fingerprint density at radius 1 is 1.47 bits per heavy atom. The second kappa shape index (κ2) is 3.98. The summed E-state index contributed by atoms with van der Waals surface area (Å²) >= 11 is 6.34. The summed E-state index contributed by atoms with van der Waals surface area (Å²) in [6.07, 6.45) is 1.18. The first kappa shape index (κ1) is 13.0. The molecule has 5 heteroatoms. The van der Waals surface area contributed by atoms with Gasteiger partial charge in [0.15, 0.2) is 5.65 Å². The molecule has 2 unspecified atom stereocenters. The van der Waals surface area contributed by atoms with Crippen molar-refractivity contribution in [2.45, 2.75) is 59.0 Å². The van der Waals surface area contributed by atoms with Crippen molar-refractivity contribution >= 4 is 22.8 Å². The molecular weight excluding hydrogens is 260 g/mol. The Morgan fingerprint density at radius 3 is 2.58 bits per heavy atom. The van der Waals surface area contributed by atoms with Crippen LogP contribution in [0.5, 0.6) is 0 Å². The van der Waals surface area contributed by atoms with Crippen LogP contribution in [0.2, 0.25) is 0 Å². The standard InChI is InChI=1S/C14H21ClN4/c1-6-18-13-11(9(3)17-18)16-12(8(2)15)19(13)10-7-14(10,4)5/h8,10H,6-7H2,1-5H3. The van der Waals surface area contributed by atoms with Crippen LogP contribution >= 0.6 is 11.6 Å². The average molecular weight is 281 g/mol. The number of rotatable bonds is 3. The quantitative estimate of drug-likeness (QED) is 0.801. The van der Waals surface area contributed by atoms with E-state index in [0.717, 1.165) is 29.2 Å². The first-order valence-corrected chi connectivity index (χ1v) is 7.39. The van der Waals surface area contributed by atoms with Crippen LogP contribution in [0, 0.1) is 12.3 Å². The maximum Gasteiger partial charge on any atom is 0.159 e. The van der Waals surface area contributed by atoms with Gasteiger partial charge in [0.1, 0.15) is 11.3 Å². The van der Waals surface area contributed by atoms with Gasteiger partial charge in [0, 0.05) is 12.6 Å². The van der Waals surface area contributed by atoms with Crippen molar-refractivity contribution in [3.63, 3.8) is 0 Å². The molecule has 2 heterocycles. The summed E-state index contributed by atoms with van der Waals surface area (Å²) in [5.74, 6) is 0.981. The summed E-state index contributed by atoms with van der Waals surface area (Å²) in [5.41, 5.74) is 3.48. The summed E-state index contributed by atoms with van der Waals surface area (Å²) in [7, 11) is 0. The smallest absolute Gasteiger partial charge is 0.159 e. The van der Waals surface area contributed by atoms with Crippen LogP contribution in [0.4, 0.5) is 0 Å². The lowest BCUT2D eigenvalue weighted by Crippen LogP contribution is -2.10. The summed E-state index contributed by atoms with van der Waals surface area (Å²) in [5, 5.41) is 4.50. The highest BCUT2D eigenvalue weighted by atomic mass is 35.5. The van der Waals surface area contributed by atoms with E-state index in [-0.39, 0.29) is 5.38 Å². The zero-order chi connectivity index (χ0) is 13.9. The zero-order valence-corrected chi connectivity index (χ0v) is 13.0. The Hall–Kier alpha value is -1.03. The fourth-order valence-electron chi connectivity index (χ4n) is 2.89. The van der Waals surface area contributed by atoms with Gasteiger partial charge in [-0.05, 0) is 32.6 Å². The van der Waals surface area contributed by atoms with Crippen molar-refractivity contribution in [3.05, 3.63) is 11.5 Å². The Kier molecular flexibility index (Phi) is 2.72. The predicted molar refractivity (Wildman–Crippen MR) is 77.6 cm³/mol. The van der Waals surface area contributed by atoms with Crippen LogP contribution in [0.3, 0.4) is 0 Å². The van der Waals surface area contributed by atoms with Gasteiger partial charge in [0.2, 0.25) is 0 Å². The van der Waals surface area contributed by atoms with Crippen molar-refractivity contribution in [3.8, 4) is 0 Å². The van der Waals surface area contributed by atoms with Gasteiger partial charge >= 0.3 is 0 Å². The molecule has 0 aromatic carbocycles. The van der Waals surface area contributed by atoms with Crippen molar-refractivity contribution in [2.75, 3.05) is 0 Å². The highest BCUT2D eigenvalue weighted by molar-refractivity contribution is 6.20. The summed E-state index contributed by atoms with van der Waals surface area (Å²) in [6.45, 7) is 11.6. The fourth-order valence-corrected chi connectivity index (χ4v) is 3.05. The molecule has 1 aliphatic carbocycles. The first-order chi connectivity index (χ1) is 8.86. The summed E-state index contributed by atoms with van der Waals surface area (Å²) < 4.78 is 4.38. The second-order valence-corrected chi connectivity index (χ2v) is 6.89. The van der Waals surface area contributed by atoms with E-state index in [0.29, 0.717) is 11.5 Å². The minimum atomic E-state index is -0.0755. The van der Waals surface area contributed by atoms with Crippen LogP contribution < -0.4 is 0 Å². The number of halogens is 1. The van der Waals surface area contributed by atoms with Gasteiger partial charge in [-0.3, -0.25) is 0 Å². The maximum absolute atomic E-state index is 6.34. The molecule has 2 atom stereocenters. The minimum Gasteiger partial charge on any atom is -0.308 e. The van der Waals surface area contributed by atoms with E-state index in [4.69, 9.17) is 16.6 Å². The molecule has 1 saturated carbocycles. The topological polar surface area (TPSA) is 35.6 Å². The van der Waals surface area contributed by atoms with Crippen LogP contribution in [0.25, 0.3) is 11.2 Å². The third-order valence-corrected chi connectivity index (χ3v) is 4.39. The molecule has 0 radical (unpaired) electrons. The molecule has 0 bridgehead atoms. The molecule has 0 spiro atoms. The normalized spacial score (nSPS) is 22.9. The van der Waals surface area contributed by atoms with E-state index < -0.39 is 0 Å². The largest absolute Gasteiger partial charge is 0.308 e. The van der Waals surface area contributed by atoms with E-state index in [1.807, 2.05) is 13.8 Å². The number of aryl methyl sites for hydroxylation is 2. The van der Waals surface area contributed by atoms with Crippen molar-refractivity contribution in [1.82, 2.24) is 19.3 Å². The van der Waals surface area contributed by atoms with Gasteiger partial charge in [-0.25, -0.2) is 9.67 Å². The number of imidazole rings is 1. The van der Waals surface area contributed by atoms with Crippen LogP contribution in [-0.4, -0.2) is 19.3 Å². The SMILES string of the molecule is CCn1nc(C)c2nc(C(C)Cl)n(C3CC3(C)C)c21. The van der Waals surface area contributed by atoms with Crippen LogP contribution in [-0.2, 0) is 6.54 Å². The van der Waals surface area contributed by atoms with Crippen LogP contribution in [0.15, 0.2) is 0 Å². The number of alkyl halides is 1. The van der Waals surface area contributed by atoms with Crippen molar-refractivity contribution in [2.24, 2.45) is 5.41 Å². The minimum absolute atomic E-state index is 0.0755. The first-order valence-electron chi connectivity index (χ1n) is 6.96. The molecule has 4 nitrogen and oxygen atoms in total. The summed E-state index contributed by atoms with van der Waals surface area (Å²) in [6, 6.07) is 0.495. The molecular formula is C14H21ClN4. The van der Waals surface area contributed by atoms with E-state index in [9.17, 15) is 0 Å². The second-order valence-electron chi connectivity index (χ2n) is 6.24. The van der Waals surface area contributed by atoms with E-state index in [2.05, 4.69) is 35.1 Å². The third kappa shape index (κ3) is 1.80. The Morgan fingerprint density at radius 2 is 2.11 bits per heavy atom. The molecule has 0 amide bonds. The molecule has 0 saturated heterocycles. The predicted octanol–water partition coefficient (Wildman–Crippen LogP) is 3.83. The van der Waals surface area contributed by atoms with Gasteiger partial charge in [0.25, 0.3) is 0 Å². The fraction of sp³-hybridized carbons (Fsp3) is 0.714. The van der Waals surface area contributed by atoms with Gasteiger partial charge < -0.3 is 4.57 Å². The molecule has 1 aliphatic rings. The van der Waals surface area contributed by atoms with E-state index in [1.54, 1.807) is 0 Å². The van der Waals surface area contributed by atoms with E-state index >= 15 is 0 Å². The molecule has 1 fully saturated rings. The number of hydrogen-bond donors (Lipinski definition) is 0. The van der Waals surface area contributed by atoms with Gasteiger partial charge in [0.05, 0.1) is 11.1 Å². The van der Waals surface area contributed by atoms with Gasteiger partial charge in [-0.1, -0.05) is 13.8 Å². The van der Waals surface area contributed by atoms with Gasteiger partial charge in [-0.15, -0.1) is 11.6 Å². The van der Waals surface area contributed by atoms with E-state index in [1.165, 1.54) is 6.42 Å².